The molecule has 3 rings (SSSR count). The van der Waals surface area contributed by atoms with Crippen LogP contribution in [0, 0.1) is 0 Å². The van der Waals surface area contributed by atoms with Gasteiger partial charge in [-0.15, -0.1) is 0 Å². The number of nitrogens with zero attached hydrogens (tertiary/aromatic N) is 2. The molecule has 1 fully saturated rings. The van der Waals surface area contributed by atoms with Gasteiger partial charge in [0, 0.05) is 6.54 Å². The van der Waals surface area contributed by atoms with Gasteiger partial charge in [-0.05, 0) is 31.2 Å². The highest BCUT2D eigenvalue weighted by atomic mass is 15.4. The van der Waals surface area contributed by atoms with Crippen LogP contribution in [-0.4, -0.2) is 22.8 Å². The van der Waals surface area contributed by atoms with Gasteiger partial charge in [-0.2, -0.15) is 0 Å². The molecule has 3 heteroatoms. The van der Waals surface area contributed by atoms with E-state index in [9.17, 15) is 0 Å². The first kappa shape index (κ1) is 10.4. The molecule has 2 atom stereocenters. The molecule has 3 nitrogen and oxygen atoms in total. The Morgan fingerprint density at radius 2 is 2.18 bits per heavy atom. The van der Waals surface area contributed by atoms with E-state index in [0.717, 1.165) is 18.8 Å². The van der Waals surface area contributed by atoms with Gasteiger partial charge in [0.25, 0.3) is 0 Å². The van der Waals surface area contributed by atoms with E-state index in [4.69, 9.17) is 10.7 Å². The minimum atomic E-state index is 0.270. The highest BCUT2D eigenvalue weighted by Crippen LogP contribution is 2.45. The zero-order chi connectivity index (χ0) is 11.9. The number of amidine groups is 1. The Morgan fingerprint density at radius 1 is 1.41 bits per heavy atom. The number of nitrogens with two attached hydrogens (primary N) is 1. The lowest BCUT2D eigenvalue weighted by Crippen LogP contribution is -2.27. The zero-order valence-corrected chi connectivity index (χ0v) is 10.0. The summed E-state index contributed by atoms with van der Waals surface area (Å²) in [6, 6.07) is 10.8. The van der Waals surface area contributed by atoms with E-state index < -0.39 is 0 Å². The average Bonchev–Trinajstić information content (AvgIpc) is 3.03. The lowest BCUT2D eigenvalue weighted by atomic mass is 9.95. The summed E-state index contributed by atoms with van der Waals surface area (Å²) in [5, 5.41) is 0. The number of benzene rings is 1. The summed E-state index contributed by atoms with van der Waals surface area (Å²) in [7, 11) is 0. The molecule has 1 aromatic carbocycles. The summed E-state index contributed by atoms with van der Waals surface area (Å²) in [6.07, 6.45) is 4.57. The Bertz CT molecular complexity index is 478. The molecule has 17 heavy (non-hydrogen) atoms. The zero-order valence-electron chi connectivity index (χ0n) is 10.0. The predicted molar refractivity (Wildman–Crippen MR) is 69.7 cm³/mol. The Hall–Kier alpha value is -1.77. The molecule has 0 aromatic heterocycles. The number of hydrogen-bond donors (Lipinski definition) is 1. The van der Waals surface area contributed by atoms with Gasteiger partial charge in [0.15, 0.2) is 0 Å². The van der Waals surface area contributed by atoms with Gasteiger partial charge in [-0.3, -0.25) is 4.99 Å². The summed E-state index contributed by atoms with van der Waals surface area (Å²) < 4.78 is 0. The fraction of sp³-hybridized carbons (Fsp3) is 0.357. The second-order valence-corrected chi connectivity index (χ2v) is 5.06. The maximum atomic E-state index is 5.48. The molecule has 2 unspecified atom stereocenters. The number of aliphatic imine (C=N–C) groups is 1. The van der Waals surface area contributed by atoms with Crippen LogP contribution in [0.4, 0.5) is 0 Å². The van der Waals surface area contributed by atoms with Crippen molar-refractivity contribution >= 4 is 5.84 Å². The Kier molecular flexibility index (Phi) is 2.21. The topological polar surface area (TPSA) is 41.4 Å². The van der Waals surface area contributed by atoms with Crippen LogP contribution in [0.2, 0.25) is 0 Å². The van der Waals surface area contributed by atoms with Crippen LogP contribution in [0.5, 0.6) is 0 Å². The number of hydrogen-bond acceptors (Lipinski definition) is 3. The summed E-state index contributed by atoms with van der Waals surface area (Å²) in [6.45, 7) is 3.39. The normalized spacial score (nSPS) is 31.2. The van der Waals surface area contributed by atoms with Gasteiger partial charge >= 0.3 is 0 Å². The first-order valence-corrected chi connectivity index (χ1v) is 6.02. The third kappa shape index (κ3) is 1.71. The average molecular weight is 227 g/mol. The van der Waals surface area contributed by atoms with E-state index in [1.807, 2.05) is 12.1 Å². The molecule has 1 saturated heterocycles. The molecule has 0 saturated carbocycles. The van der Waals surface area contributed by atoms with Crippen molar-refractivity contribution in [2.75, 3.05) is 6.54 Å². The van der Waals surface area contributed by atoms with Gasteiger partial charge in [0.05, 0.1) is 11.6 Å². The molecular weight excluding hydrogens is 210 g/mol. The first-order chi connectivity index (χ1) is 8.23. The van der Waals surface area contributed by atoms with Crippen LogP contribution in [0.25, 0.3) is 0 Å². The van der Waals surface area contributed by atoms with Gasteiger partial charge < -0.3 is 10.6 Å². The van der Waals surface area contributed by atoms with E-state index in [1.54, 1.807) is 6.20 Å². The van der Waals surface area contributed by atoms with Crippen molar-refractivity contribution in [2.45, 2.75) is 24.9 Å². The monoisotopic (exact) mass is 227 g/mol. The Morgan fingerprint density at radius 3 is 2.88 bits per heavy atom. The SMILES string of the molecule is CC12CC(c3ccccc3)N=C(C=CN)N1C2. The van der Waals surface area contributed by atoms with Crippen LogP contribution in [0.15, 0.2) is 47.6 Å². The van der Waals surface area contributed by atoms with Gasteiger partial charge in [-0.1, -0.05) is 30.3 Å². The molecule has 0 aliphatic carbocycles. The standard InChI is InChI=1S/C14H17N3/c1-14-9-12(11-5-3-2-4-6-11)16-13(7-8-15)17(14)10-14/h2-8,12H,9-10,15H2,1H3. The van der Waals surface area contributed by atoms with E-state index >= 15 is 0 Å². The van der Waals surface area contributed by atoms with Gasteiger partial charge in [0.2, 0.25) is 0 Å². The molecule has 0 radical (unpaired) electrons. The quantitative estimate of drug-likeness (QED) is 0.786. The Balaban J connectivity index is 1.94. The third-order valence-corrected chi connectivity index (χ3v) is 3.67. The molecule has 0 amide bonds. The molecule has 88 valence electrons. The highest BCUT2D eigenvalue weighted by molar-refractivity contribution is 5.96. The molecule has 2 N–H and O–H groups in total. The largest absolute Gasteiger partial charge is 0.404 e. The van der Waals surface area contributed by atoms with Crippen molar-refractivity contribution < 1.29 is 0 Å². The number of rotatable bonds is 2. The minimum absolute atomic E-state index is 0.270. The van der Waals surface area contributed by atoms with Gasteiger partial charge in [-0.25, -0.2) is 0 Å². The van der Waals surface area contributed by atoms with Crippen molar-refractivity contribution in [2.24, 2.45) is 10.7 Å². The summed E-state index contributed by atoms with van der Waals surface area (Å²) >= 11 is 0. The van der Waals surface area contributed by atoms with Gasteiger partial charge in [0.1, 0.15) is 5.84 Å². The summed E-state index contributed by atoms with van der Waals surface area (Å²) in [5.41, 5.74) is 7.06. The molecule has 1 aromatic rings. The lowest BCUT2D eigenvalue weighted by Gasteiger charge is -2.25. The van der Waals surface area contributed by atoms with Crippen LogP contribution in [0.1, 0.15) is 24.9 Å². The maximum Gasteiger partial charge on any atom is 0.126 e. The number of fused-ring (bicyclic) bond motifs is 1. The fourth-order valence-corrected chi connectivity index (χ4v) is 2.62. The summed E-state index contributed by atoms with van der Waals surface area (Å²) in [5.74, 6) is 1.02. The van der Waals surface area contributed by atoms with Crippen molar-refractivity contribution in [1.29, 1.82) is 0 Å². The van der Waals surface area contributed by atoms with Crippen molar-refractivity contribution in [3.63, 3.8) is 0 Å². The molecule has 2 aliphatic heterocycles. The van der Waals surface area contributed by atoms with E-state index in [1.165, 1.54) is 5.56 Å². The minimum Gasteiger partial charge on any atom is -0.404 e. The molecule has 0 spiro atoms. The second-order valence-electron chi connectivity index (χ2n) is 5.06. The lowest BCUT2D eigenvalue weighted by molar-refractivity contribution is 0.444. The molecule has 0 bridgehead atoms. The van der Waals surface area contributed by atoms with E-state index in [2.05, 4.69) is 36.1 Å². The smallest absolute Gasteiger partial charge is 0.126 e. The summed E-state index contributed by atoms with van der Waals surface area (Å²) in [4.78, 5) is 7.10. The Labute approximate surface area is 102 Å². The first-order valence-electron chi connectivity index (χ1n) is 6.02. The van der Waals surface area contributed by atoms with E-state index in [-0.39, 0.29) is 11.6 Å². The van der Waals surface area contributed by atoms with Crippen LogP contribution in [0.3, 0.4) is 0 Å². The highest BCUT2D eigenvalue weighted by Gasteiger charge is 2.52. The van der Waals surface area contributed by atoms with Crippen molar-refractivity contribution in [3.05, 3.63) is 48.2 Å². The third-order valence-electron chi connectivity index (χ3n) is 3.67. The van der Waals surface area contributed by atoms with Crippen molar-refractivity contribution in [3.8, 4) is 0 Å². The molecule has 2 heterocycles. The van der Waals surface area contributed by atoms with E-state index in [0.29, 0.717) is 0 Å². The van der Waals surface area contributed by atoms with Crippen LogP contribution in [-0.2, 0) is 0 Å². The maximum absolute atomic E-state index is 5.48. The van der Waals surface area contributed by atoms with Crippen molar-refractivity contribution in [1.82, 2.24) is 4.90 Å². The predicted octanol–water partition coefficient (Wildman–Crippen LogP) is 2.08. The fourth-order valence-electron chi connectivity index (χ4n) is 2.62. The molecular formula is C14H17N3. The molecule has 2 aliphatic rings. The second kappa shape index (κ2) is 3.62. The van der Waals surface area contributed by atoms with Crippen LogP contribution < -0.4 is 5.73 Å². The van der Waals surface area contributed by atoms with Crippen LogP contribution >= 0.6 is 0 Å².